The van der Waals surface area contributed by atoms with Crippen molar-refractivity contribution in [3.8, 4) is 0 Å². The van der Waals surface area contributed by atoms with Crippen LogP contribution in [0.15, 0.2) is 30.3 Å². The van der Waals surface area contributed by atoms with Gasteiger partial charge in [0.2, 0.25) is 5.91 Å². The number of ether oxygens (including phenoxy) is 2. The summed E-state index contributed by atoms with van der Waals surface area (Å²) in [5, 5.41) is 6.26. The molecule has 0 unspecified atom stereocenters. The van der Waals surface area contributed by atoms with Gasteiger partial charge in [-0.2, -0.15) is 0 Å². The quantitative estimate of drug-likeness (QED) is 0.631. The molecule has 0 saturated heterocycles. The molecule has 25 heavy (non-hydrogen) atoms. The Balaban J connectivity index is 1.92. The first kappa shape index (κ1) is 19.4. The van der Waals surface area contributed by atoms with E-state index in [9.17, 15) is 9.59 Å². The predicted octanol–water partition coefficient (Wildman–Crippen LogP) is 1.81. The number of carbonyl (C=O) groups is 2. The second-order valence-electron chi connectivity index (χ2n) is 6.89. The van der Waals surface area contributed by atoms with Crippen molar-refractivity contribution in [3.05, 3.63) is 35.9 Å². The van der Waals surface area contributed by atoms with Crippen LogP contribution in [0.3, 0.4) is 0 Å². The zero-order valence-electron chi connectivity index (χ0n) is 15.2. The molecule has 1 aromatic carbocycles. The van der Waals surface area contributed by atoms with E-state index in [1.165, 1.54) is 7.11 Å². The third kappa shape index (κ3) is 6.14. The molecule has 0 spiro atoms. The molecular weight excluding hydrogens is 320 g/mol. The van der Waals surface area contributed by atoms with Gasteiger partial charge in [-0.25, -0.2) is 0 Å². The van der Waals surface area contributed by atoms with Crippen LogP contribution in [0.2, 0.25) is 0 Å². The number of amides is 1. The Hall–Kier alpha value is -1.92. The molecule has 1 aliphatic carbocycles. The Bertz CT molecular complexity index is 574. The van der Waals surface area contributed by atoms with Gasteiger partial charge in [-0.1, -0.05) is 30.3 Å². The average molecular weight is 348 g/mol. The molecule has 0 radical (unpaired) electrons. The molecule has 0 aromatic heterocycles. The second kappa shape index (κ2) is 8.97. The molecule has 0 aliphatic heterocycles. The van der Waals surface area contributed by atoms with Crippen molar-refractivity contribution in [3.63, 3.8) is 0 Å². The van der Waals surface area contributed by atoms with Crippen LogP contribution < -0.4 is 10.6 Å². The zero-order valence-corrected chi connectivity index (χ0v) is 15.2. The van der Waals surface area contributed by atoms with E-state index in [4.69, 9.17) is 9.47 Å². The van der Waals surface area contributed by atoms with Crippen LogP contribution in [-0.4, -0.2) is 44.8 Å². The monoisotopic (exact) mass is 348 g/mol. The largest absolute Gasteiger partial charge is 0.469 e. The smallest absolute Gasteiger partial charge is 0.307 e. The minimum absolute atomic E-state index is 0.0461. The minimum Gasteiger partial charge on any atom is -0.469 e. The van der Waals surface area contributed by atoms with E-state index < -0.39 is 5.54 Å². The lowest BCUT2D eigenvalue weighted by Gasteiger charge is -2.29. The number of esters is 1. The van der Waals surface area contributed by atoms with Gasteiger partial charge in [0.05, 0.1) is 32.7 Å². The fourth-order valence-corrected chi connectivity index (χ4v) is 2.96. The molecule has 138 valence electrons. The number of methoxy groups -OCH3 is 2. The van der Waals surface area contributed by atoms with Crippen molar-refractivity contribution in [2.45, 2.75) is 37.8 Å². The molecule has 6 heteroatoms. The average Bonchev–Trinajstić information content (AvgIpc) is 3.44. The number of rotatable bonds is 10. The summed E-state index contributed by atoms with van der Waals surface area (Å²) in [5.74, 6) is 0.0762. The Morgan fingerprint density at radius 1 is 1.24 bits per heavy atom. The maximum absolute atomic E-state index is 12.4. The summed E-state index contributed by atoms with van der Waals surface area (Å²) in [6.45, 7) is 2.27. The van der Waals surface area contributed by atoms with Crippen molar-refractivity contribution in [1.29, 1.82) is 0 Å². The van der Waals surface area contributed by atoms with Crippen molar-refractivity contribution in [1.82, 2.24) is 10.6 Å². The van der Waals surface area contributed by atoms with E-state index in [0.29, 0.717) is 12.5 Å². The molecule has 2 atom stereocenters. The van der Waals surface area contributed by atoms with Gasteiger partial charge >= 0.3 is 5.97 Å². The van der Waals surface area contributed by atoms with E-state index in [2.05, 4.69) is 10.6 Å². The van der Waals surface area contributed by atoms with Crippen LogP contribution in [0.1, 0.15) is 37.8 Å². The van der Waals surface area contributed by atoms with Crippen LogP contribution in [0, 0.1) is 5.92 Å². The molecule has 1 aromatic rings. The molecular formula is C19H28N2O4. The second-order valence-corrected chi connectivity index (χ2v) is 6.89. The van der Waals surface area contributed by atoms with Gasteiger partial charge in [0.15, 0.2) is 0 Å². The zero-order chi connectivity index (χ0) is 18.3. The van der Waals surface area contributed by atoms with E-state index in [0.717, 1.165) is 18.4 Å². The molecule has 1 fully saturated rings. The molecule has 2 rings (SSSR count). The van der Waals surface area contributed by atoms with Crippen molar-refractivity contribution < 1.29 is 19.1 Å². The summed E-state index contributed by atoms with van der Waals surface area (Å²) in [4.78, 5) is 24.0. The van der Waals surface area contributed by atoms with Gasteiger partial charge in [-0.3, -0.25) is 9.59 Å². The molecule has 1 aliphatic rings. The van der Waals surface area contributed by atoms with E-state index in [1.54, 1.807) is 7.11 Å². The first-order valence-corrected chi connectivity index (χ1v) is 8.62. The SMILES string of the molecule is COC[C@@](C)(CC(=O)OC)NCC(=O)N[C@@H](c1ccccc1)C1CC1. The third-order valence-electron chi connectivity index (χ3n) is 4.47. The van der Waals surface area contributed by atoms with Gasteiger partial charge in [-0.05, 0) is 31.2 Å². The summed E-state index contributed by atoms with van der Waals surface area (Å²) >= 11 is 0. The molecule has 0 bridgehead atoms. The summed E-state index contributed by atoms with van der Waals surface area (Å²) in [7, 11) is 2.91. The topological polar surface area (TPSA) is 76.7 Å². The maximum atomic E-state index is 12.4. The number of benzene rings is 1. The lowest BCUT2D eigenvalue weighted by atomic mass is 9.98. The Labute approximate surface area is 149 Å². The van der Waals surface area contributed by atoms with E-state index in [1.807, 2.05) is 37.3 Å². The first-order valence-electron chi connectivity index (χ1n) is 8.62. The first-order chi connectivity index (χ1) is 12.0. The third-order valence-corrected chi connectivity index (χ3v) is 4.47. The van der Waals surface area contributed by atoms with Gasteiger partial charge < -0.3 is 20.1 Å². The fraction of sp³-hybridized carbons (Fsp3) is 0.579. The van der Waals surface area contributed by atoms with Crippen LogP contribution in [0.4, 0.5) is 0 Å². The van der Waals surface area contributed by atoms with Gasteiger partial charge in [0.1, 0.15) is 0 Å². The maximum Gasteiger partial charge on any atom is 0.307 e. The van der Waals surface area contributed by atoms with E-state index in [-0.39, 0.29) is 30.9 Å². The van der Waals surface area contributed by atoms with E-state index >= 15 is 0 Å². The van der Waals surface area contributed by atoms with Crippen LogP contribution >= 0.6 is 0 Å². The summed E-state index contributed by atoms with van der Waals surface area (Å²) in [6.07, 6.45) is 2.41. The molecule has 1 saturated carbocycles. The lowest BCUT2D eigenvalue weighted by Crippen LogP contribution is -2.51. The molecule has 1 amide bonds. The van der Waals surface area contributed by atoms with Crippen LogP contribution in [0.5, 0.6) is 0 Å². The summed E-state index contributed by atoms with van der Waals surface area (Å²) < 4.78 is 9.91. The highest BCUT2D eigenvalue weighted by Crippen LogP contribution is 2.40. The number of hydrogen-bond acceptors (Lipinski definition) is 5. The van der Waals surface area contributed by atoms with Crippen LogP contribution in [-0.2, 0) is 19.1 Å². The number of hydrogen-bond donors (Lipinski definition) is 2. The predicted molar refractivity (Wildman–Crippen MR) is 95.0 cm³/mol. The highest BCUT2D eigenvalue weighted by Gasteiger charge is 2.34. The molecule has 2 N–H and O–H groups in total. The lowest BCUT2D eigenvalue weighted by molar-refractivity contribution is -0.143. The standard InChI is InChI=1S/C19H28N2O4/c1-19(13-24-2,11-17(23)25-3)20-12-16(22)21-18(15-9-10-15)14-7-5-4-6-8-14/h4-8,15,18,20H,9-13H2,1-3H3,(H,21,22)/t18-,19+/m0/s1. The van der Waals surface area contributed by atoms with Gasteiger partial charge in [-0.15, -0.1) is 0 Å². The Morgan fingerprint density at radius 2 is 1.92 bits per heavy atom. The van der Waals surface area contributed by atoms with Crippen LogP contribution in [0.25, 0.3) is 0 Å². The Morgan fingerprint density at radius 3 is 2.48 bits per heavy atom. The molecule has 6 nitrogen and oxygen atoms in total. The highest BCUT2D eigenvalue weighted by molar-refractivity contribution is 5.79. The van der Waals surface area contributed by atoms with Crippen molar-refractivity contribution in [2.75, 3.05) is 27.4 Å². The molecule has 0 heterocycles. The fourth-order valence-electron chi connectivity index (χ4n) is 2.96. The summed E-state index contributed by atoms with van der Waals surface area (Å²) in [6, 6.07) is 10.1. The normalized spacial score (nSPS) is 17.4. The number of carbonyl (C=O) groups excluding carboxylic acids is 2. The van der Waals surface area contributed by atoms with Crippen molar-refractivity contribution in [2.24, 2.45) is 5.92 Å². The van der Waals surface area contributed by atoms with Gasteiger partial charge in [0, 0.05) is 12.6 Å². The minimum atomic E-state index is -0.652. The highest BCUT2D eigenvalue weighted by atomic mass is 16.5. The number of nitrogens with one attached hydrogen (secondary N) is 2. The Kier molecular flexibility index (Phi) is 6.96. The van der Waals surface area contributed by atoms with Crippen molar-refractivity contribution >= 4 is 11.9 Å². The van der Waals surface area contributed by atoms with Gasteiger partial charge in [0.25, 0.3) is 0 Å². The summed E-state index contributed by atoms with van der Waals surface area (Å²) in [5.41, 5.74) is 0.480.